The predicted molar refractivity (Wildman–Crippen MR) is 91.6 cm³/mol. The van der Waals surface area contributed by atoms with Crippen molar-refractivity contribution in [1.29, 1.82) is 0 Å². The van der Waals surface area contributed by atoms with Crippen molar-refractivity contribution < 1.29 is 9.18 Å². The van der Waals surface area contributed by atoms with Crippen LogP contribution in [0.4, 0.5) is 4.39 Å². The highest BCUT2D eigenvalue weighted by molar-refractivity contribution is 7.14. The Kier molecular flexibility index (Phi) is 4.86. The first-order chi connectivity index (χ1) is 11.2. The number of hydrogen-bond donors (Lipinski definition) is 1. The molecular weight excluding hydrogens is 311 g/mol. The Morgan fingerprint density at radius 2 is 2.22 bits per heavy atom. The average molecular weight is 330 g/mol. The summed E-state index contributed by atoms with van der Waals surface area (Å²) in [5.74, 6) is 0.265. The molecule has 1 aromatic heterocycles. The number of carbonyl (C=O) groups is 1. The fourth-order valence-corrected chi connectivity index (χ4v) is 3.93. The smallest absolute Gasteiger partial charge is 0.266 e. The summed E-state index contributed by atoms with van der Waals surface area (Å²) in [5, 5.41) is 3.94. The van der Waals surface area contributed by atoms with Crippen molar-refractivity contribution in [3.05, 3.63) is 57.0 Å². The molecule has 1 aliphatic rings. The van der Waals surface area contributed by atoms with Crippen LogP contribution in [0, 0.1) is 11.7 Å². The van der Waals surface area contributed by atoms with Crippen LogP contribution in [0.25, 0.3) is 0 Å². The molecular formula is C18H19FN2OS. The zero-order chi connectivity index (χ0) is 16.2. The molecule has 1 aromatic carbocycles. The molecule has 0 radical (unpaired) electrons. The molecule has 0 aliphatic heterocycles. The van der Waals surface area contributed by atoms with Gasteiger partial charge in [0.05, 0.1) is 11.1 Å². The number of fused-ring (bicyclic) bond motifs is 1. The third-order valence-electron chi connectivity index (χ3n) is 4.24. The maximum atomic E-state index is 12.8. The van der Waals surface area contributed by atoms with E-state index in [1.165, 1.54) is 41.6 Å². The maximum Gasteiger partial charge on any atom is 0.281 e. The number of nitrogens with zero attached hydrogens (tertiary/aromatic N) is 1. The number of benzene rings is 1. The van der Waals surface area contributed by atoms with E-state index in [-0.39, 0.29) is 11.7 Å². The minimum Gasteiger partial charge on any atom is -0.266 e. The minimum absolute atomic E-state index is 0.184. The summed E-state index contributed by atoms with van der Waals surface area (Å²) in [4.78, 5) is 14.2. The van der Waals surface area contributed by atoms with Gasteiger partial charge in [-0.25, -0.2) is 9.82 Å². The van der Waals surface area contributed by atoms with E-state index in [1.807, 2.05) is 6.07 Å². The molecule has 0 saturated heterocycles. The molecule has 5 heteroatoms. The van der Waals surface area contributed by atoms with Crippen molar-refractivity contribution >= 4 is 23.5 Å². The van der Waals surface area contributed by atoms with Gasteiger partial charge in [-0.3, -0.25) is 4.79 Å². The molecule has 1 heterocycles. The van der Waals surface area contributed by atoms with Gasteiger partial charge in [0.25, 0.3) is 5.91 Å². The highest BCUT2D eigenvalue weighted by Gasteiger charge is 2.21. The third-order valence-corrected chi connectivity index (χ3v) is 5.47. The summed E-state index contributed by atoms with van der Waals surface area (Å²) in [5.41, 5.74) is 4.60. The lowest BCUT2D eigenvalue weighted by molar-refractivity contribution is 0.0959. The number of rotatable bonds is 4. The van der Waals surface area contributed by atoms with Crippen LogP contribution in [0.2, 0.25) is 0 Å². The van der Waals surface area contributed by atoms with E-state index in [1.54, 1.807) is 23.5 Å². The fraction of sp³-hybridized carbons (Fsp3) is 0.333. The van der Waals surface area contributed by atoms with E-state index < -0.39 is 0 Å². The Bertz CT molecular complexity index is 721. The number of aryl methyl sites for hydroxylation is 1. The molecule has 1 N–H and O–H groups in total. The normalized spacial score (nSPS) is 17.2. The second-order valence-electron chi connectivity index (χ2n) is 5.83. The molecule has 3 rings (SSSR count). The molecule has 120 valence electrons. The van der Waals surface area contributed by atoms with Gasteiger partial charge in [0.15, 0.2) is 0 Å². The predicted octanol–water partition coefficient (Wildman–Crippen LogP) is 4.17. The first-order valence-electron chi connectivity index (χ1n) is 7.86. The first kappa shape index (κ1) is 15.9. The summed E-state index contributed by atoms with van der Waals surface area (Å²) in [6.07, 6.45) is 6.07. The van der Waals surface area contributed by atoms with Crippen LogP contribution in [-0.2, 0) is 12.8 Å². The van der Waals surface area contributed by atoms with E-state index >= 15 is 0 Å². The van der Waals surface area contributed by atoms with Crippen LogP contribution >= 0.6 is 11.3 Å². The zero-order valence-corrected chi connectivity index (χ0v) is 13.8. The lowest BCUT2D eigenvalue weighted by Crippen LogP contribution is -2.16. The van der Waals surface area contributed by atoms with Gasteiger partial charge >= 0.3 is 0 Å². The number of carbonyl (C=O) groups excluding carboxylic acids is 1. The van der Waals surface area contributed by atoms with Gasteiger partial charge in [-0.2, -0.15) is 5.10 Å². The van der Waals surface area contributed by atoms with Crippen molar-refractivity contribution in [3.63, 3.8) is 0 Å². The van der Waals surface area contributed by atoms with E-state index in [0.717, 1.165) is 24.3 Å². The van der Waals surface area contributed by atoms with Crippen LogP contribution in [0.1, 0.15) is 45.4 Å². The van der Waals surface area contributed by atoms with E-state index in [9.17, 15) is 9.18 Å². The van der Waals surface area contributed by atoms with E-state index in [0.29, 0.717) is 4.88 Å². The van der Waals surface area contributed by atoms with Crippen molar-refractivity contribution in [2.24, 2.45) is 11.0 Å². The summed E-state index contributed by atoms with van der Waals surface area (Å²) < 4.78 is 12.8. The first-order valence-corrected chi connectivity index (χ1v) is 8.68. The number of thiophene rings is 1. The number of amides is 1. The highest BCUT2D eigenvalue weighted by atomic mass is 32.1. The standard InChI is InChI=1S/C18H19FN2OS/c1-2-12-5-8-16-14(9-12)10-17(23-16)18(22)21-20-11-13-3-6-15(19)7-4-13/h3-4,6-7,10-12H,2,5,8-9H2,1H3,(H,21,22)/b20-11-/t12-/m1/s1. The molecule has 2 aromatic rings. The second-order valence-corrected chi connectivity index (χ2v) is 6.96. The van der Waals surface area contributed by atoms with Crippen molar-refractivity contribution in [2.45, 2.75) is 32.6 Å². The summed E-state index contributed by atoms with van der Waals surface area (Å²) in [6, 6.07) is 7.95. The minimum atomic E-state index is -0.291. The summed E-state index contributed by atoms with van der Waals surface area (Å²) >= 11 is 1.57. The zero-order valence-electron chi connectivity index (χ0n) is 13.0. The van der Waals surface area contributed by atoms with Gasteiger partial charge in [0, 0.05) is 4.88 Å². The van der Waals surface area contributed by atoms with Gasteiger partial charge in [-0.1, -0.05) is 25.5 Å². The van der Waals surface area contributed by atoms with Crippen LogP contribution in [-0.4, -0.2) is 12.1 Å². The van der Waals surface area contributed by atoms with Crippen LogP contribution in [0.15, 0.2) is 35.4 Å². The number of halogens is 1. The Morgan fingerprint density at radius 1 is 1.43 bits per heavy atom. The molecule has 0 bridgehead atoms. The lowest BCUT2D eigenvalue weighted by Gasteiger charge is -2.19. The van der Waals surface area contributed by atoms with Crippen molar-refractivity contribution in [1.82, 2.24) is 5.43 Å². The lowest BCUT2D eigenvalue weighted by atomic mass is 9.87. The fourth-order valence-electron chi connectivity index (χ4n) is 2.83. The number of hydrazone groups is 1. The molecule has 0 fully saturated rings. The van der Waals surface area contributed by atoms with Crippen LogP contribution in [0.5, 0.6) is 0 Å². The highest BCUT2D eigenvalue weighted by Crippen LogP contribution is 2.33. The number of hydrogen-bond acceptors (Lipinski definition) is 3. The SMILES string of the molecule is CC[C@@H]1CCc2sc(C(=O)N/N=C\c3ccc(F)cc3)cc2C1. The molecule has 23 heavy (non-hydrogen) atoms. The van der Waals surface area contributed by atoms with Crippen molar-refractivity contribution in [2.75, 3.05) is 0 Å². The van der Waals surface area contributed by atoms with Gasteiger partial charge in [0.1, 0.15) is 5.82 Å². The molecule has 0 saturated carbocycles. The largest absolute Gasteiger partial charge is 0.281 e. The Hall–Kier alpha value is -2.01. The van der Waals surface area contributed by atoms with Gasteiger partial charge in [-0.05, 0) is 54.5 Å². The molecule has 3 nitrogen and oxygen atoms in total. The molecule has 0 spiro atoms. The van der Waals surface area contributed by atoms with Crippen LogP contribution < -0.4 is 5.43 Å². The second kappa shape index (κ2) is 7.04. The number of nitrogens with one attached hydrogen (secondary N) is 1. The third kappa shape index (κ3) is 3.85. The Morgan fingerprint density at radius 3 is 2.96 bits per heavy atom. The monoisotopic (exact) mass is 330 g/mol. The Labute approximate surface area is 139 Å². The quantitative estimate of drug-likeness (QED) is 0.663. The van der Waals surface area contributed by atoms with Gasteiger partial charge < -0.3 is 0 Å². The van der Waals surface area contributed by atoms with E-state index in [4.69, 9.17) is 0 Å². The topological polar surface area (TPSA) is 41.5 Å². The van der Waals surface area contributed by atoms with Gasteiger partial charge in [-0.15, -0.1) is 11.3 Å². The molecule has 0 unspecified atom stereocenters. The molecule has 1 amide bonds. The summed E-state index contributed by atoms with van der Waals surface area (Å²) in [7, 11) is 0. The molecule has 1 aliphatic carbocycles. The maximum absolute atomic E-state index is 12.8. The average Bonchev–Trinajstić information content (AvgIpc) is 2.99. The van der Waals surface area contributed by atoms with Crippen LogP contribution in [0.3, 0.4) is 0 Å². The van der Waals surface area contributed by atoms with Gasteiger partial charge in [0.2, 0.25) is 0 Å². The van der Waals surface area contributed by atoms with Crippen molar-refractivity contribution in [3.8, 4) is 0 Å². The van der Waals surface area contributed by atoms with E-state index in [2.05, 4.69) is 17.5 Å². The molecule has 1 atom stereocenters. The Balaban J connectivity index is 1.63. The summed E-state index contributed by atoms with van der Waals surface area (Å²) in [6.45, 7) is 2.22.